The first-order valence-corrected chi connectivity index (χ1v) is 7.57. The monoisotopic (exact) mass is 299 g/mol. The van der Waals surface area contributed by atoms with Gasteiger partial charge in [-0.3, -0.25) is 0 Å². The molecule has 1 aromatic rings. The van der Waals surface area contributed by atoms with Crippen LogP contribution in [-0.4, -0.2) is 27.4 Å². The van der Waals surface area contributed by atoms with Crippen LogP contribution in [0.25, 0.3) is 0 Å². The zero-order chi connectivity index (χ0) is 15.0. The Bertz CT molecular complexity index is 398. The van der Waals surface area contributed by atoms with Crippen molar-refractivity contribution in [1.82, 2.24) is 5.32 Å². The van der Waals surface area contributed by atoms with E-state index >= 15 is 0 Å². The van der Waals surface area contributed by atoms with E-state index in [-0.39, 0.29) is 6.04 Å². The van der Waals surface area contributed by atoms with Crippen LogP contribution in [0.2, 0.25) is 5.02 Å². The molecule has 0 aliphatic carbocycles. The number of rotatable bonds is 9. The third-order valence-corrected chi connectivity index (χ3v) is 3.73. The molecule has 3 nitrogen and oxygen atoms in total. The van der Waals surface area contributed by atoms with Gasteiger partial charge >= 0.3 is 0 Å². The Kier molecular flexibility index (Phi) is 7.97. The van der Waals surface area contributed by atoms with Crippen molar-refractivity contribution in [2.75, 3.05) is 27.4 Å². The fourth-order valence-electron chi connectivity index (χ4n) is 2.33. The van der Waals surface area contributed by atoms with Gasteiger partial charge in [0.05, 0.1) is 7.11 Å². The minimum absolute atomic E-state index is 0.248. The fourth-order valence-corrected chi connectivity index (χ4v) is 2.49. The van der Waals surface area contributed by atoms with E-state index in [1.165, 1.54) is 0 Å². The summed E-state index contributed by atoms with van der Waals surface area (Å²) >= 11 is 6.05. The molecule has 0 bridgehead atoms. The van der Waals surface area contributed by atoms with Crippen molar-refractivity contribution in [2.45, 2.75) is 32.7 Å². The molecule has 0 radical (unpaired) electrons. The summed E-state index contributed by atoms with van der Waals surface area (Å²) in [5, 5.41) is 4.31. The van der Waals surface area contributed by atoms with E-state index in [1.807, 2.05) is 12.1 Å². The Labute approximate surface area is 127 Å². The minimum atomic E-state index is 0.248. The maximum absolute atomic E-state index is 6.05. The van der Waals surface area contributed by atoms with E-state index < -0.39 is 0 Å². The highest BCUT2D eigenvalue weighted by molar-refractivity contribution is 6.30. The van der Waals surface area contributed by atoms with Gasteiger partial charge in [0, 0.05) is 30.3 Å². The molecule has 0 aromatic heterocycles. The highest BCUT2D eigenvalue weighted by atomic mass is 35.5. The molecule has 20 heavy (non-hydrogen) atoms. The Morgan fingerprint density at radius 1 is 1.30 bits per heavy atom. The normalized spacial score (nSPS) is 14.1. The molecule has 4 heteroatoms. The van der Waals surface area contributed by atoms with Gasteiger partial charge in [0.25, 0.3) is 0 Å². The summed E-state index contributed by atoms with van der Waals surface area (Å²) < 4.78 is 10.7. The predicted octanol–water partition coefficient (Wildman–Crippen LogP) is 4.06. The van der Waals surface area contributed by atoms with E-state index in [4.69, 9.17) is 21.1 Å². The van der Waals surface area contributed by atoms with Crippen LogP contribution in [0.5, 0.6) is 5.75 Å². The predicted molar refractivity (Wildman–Crippen MR) is 84.7 cm³/mol. The van der Waals surface area contributed by atoms with Crippen molar-refractivity contribution in [1.29, 1.82) is 0 Å². The van der Waals surface area contributed by atoms with Gasteiger partial charge in [-0.05, 0) is 37.4 Å². The van der Waals surface area contributed by atoms with E-state index in [2.05, 4.69) is 25.2 Å². The summed E-state index contributed by atoms with van der Waals surface area (Å²) in [6, 6.07) is 6.10. The van der Waals surface area contributed by atoms with Crippen molar-refractivity contribution in [2.24, 2.45) is 5.92 Å². The number of hydrogen-bond donors (Lipinski definition) is 1. The van der Waals surface area contributed by atoms with Gasteiger partial charge in [-0.1, -0.05) is 31.5 Å². The average molecular weight is 300 g/mol. The quantitative estimate of drug-likeness (QED) is 0.746. The molecular weight excluding hydrogens is 274 g/mol. The molecule has 2 atom stereocenters. The molecule has 0 heterocycles. The smallest absolute Gasteiger partial charge is 0.125 e. The molecule has 0 amide bonds. The van der Waals surface area contributed by atoms with Crippen molar-refractivity contribution in [3.63, 3.8) is 0 Å². The molecule has 0 spiro atoms. The average Bonchev–Trinajstić information content (AvgIpc) is 2.46. The highest BCUT2D eigenvalue weighted by Crippen LogP contribution is 2.33. The lowest BCUT2D eigenvalue weighted by Gasteiger charge is -2.27. The van der Waals surface area contributed by atoms with Crippen LogP contribution in [0.15, 0.2) is 18.2 Å². The second-order valence-electron chi connectivity index (χ2n) is 5.08. The Balaban J connectivity index is 2.96. The third kappa shape index (κ3) is 4.97. The lowest BCUT2D eigenvalue weighted by atomic mass is 9.91. The largest absolute Gasteiger partial charge is 0.496 e. The summed E-state index contributed by atoms with van der Waals surface area (Å²) in [4.78, 5) is 0. The molecular formula is C16H26ClNO2. The van der Waals surface area contributed by atoms with Gasteiger partial charge in [-0.25, -0.2) is 0 Å². The van der Waals surface area contributed by atoms with Crippen molar-refractivity contribution < 1.29 is 9.47 Å². The van der Waals surface area contributed by atoms with E-state index in [1.54, 1.807) is 14.2 Å². The lowest BCUT2D eigenvalue weighted by Crippen LogP contribution is -2.28. The molecule has 0 aliphatic heterocycles. The SMILES string of the molecule is CCCNC(c1ccc(Cl)cc1OC)C(C)CCOC. The summed E-state index contributed by atoms with van der Waals surface area (Å²) in [5.41, 5.74) is 1.16. The first-order chi connectivity index (χ1) is 9.63. The third-order valence-electron chi connectivity index (χ3n) is 3.49. The van der Waals surface area contributed by atoms with Gasteiger partial charge < -0.3 is 14.8 Å². The molecule has 1 aromatic carbocycles. The molecule has 1 rings (SSSR count). The summed E-state index contributed by atoms with van der Waals surface area (Å²) in [7, 11) is 3.43. The van der Waals surface area contributed by atoms with Gasteiger partial charge in [0.2, 0.25) is 0 Å². The van der Waals surface area contributed by atoms with Crippen LogP contribution < -0.4 is 10.1 Å². The Morgan fingerprint density at radius 2 is 2.05 bits per heavy atom. The van der Waals surface area contributed by atoms with Crippen molar-refractivity contribution in [3.8, 4) is 5.75 Å². The maximum atomic E-state index is 6.05. The van der Waals surface area contributed by atoms with Crippen LogP contribution in [0, 0.1) is 5.92 Å². The van der Waals surface area contributed by atoms with Crippen LogP contribution in [0.1, 0.15) is 38.3 Å². The van der Waals surface area contributed by atoms with Gasteiger partial charge in [-0.15, -0.1) is 0 Å². The fraction of sp³-hybridized carbons (Fsp3) is 0.625. The number of halogens is 1. The number of methoxy groups -OCH3 is 2. The van der Waals surface area contributed by atoms with Gasteiger partial charge in [0.1, 0.15) is 5.75 Å². The lowest BCUT2D eigenvalue weighted by molar-refractivity contribution is 0.169. The Hall–Kier alpha value is -0.770. The molecule has 114 valence electrons. The second kappa shape index (κ2) is 9.22. The minimum Gasteiger partial charge on any atom is -0.496 e. The van der Waals surface area contributed by atoms with Crippen LogP contribution in [0.4, 0.5) is 0 Å². The summed E-state index contributed by atoms with van der Waals surface area (Å²) in [6.07, 6.45) is 2.10. The molecule has 0 fully saturated rings. The zero-order valence-electron chi connectivity index (χ0n) is 12.9. The molecule has 0 saturated heterocycles. The number of benzene rings is 1. The van der Waals surface area contributed by atoms with E-state index in [0.717, 1.165) is 37.3 Å². The second-order valence-corrected chi connectivity index (χ2v) is 5.51. The van der Waals surface area contributed by atoms with Crippen LogP contribution in [-0.2, 0) is 4.74 Å². The zero-order valence-corrected chi connectivity index (χ0v) is 13.7. The van der Waals surface area contributed by atoms with Crippen molar-refractivity contribution >= 4 is 11.6 Å². The number of nitrogens with one attached hydrogen (secondary N) is 1. The molecule has 0 aliphatic rings. The first-order valence-electron chi connectivity index (χ1n) is 7.19. The Morgan fingerprint density at radius 3 is 2.65 bits per heavy atom. The van der Waals surface area contributed by atoms with Gasteiger partial charge in [-0.2, -0.15) is 0 Å². The topological polar surface area (TPSA) is 30.5 Å². The van der Waals surface area contributed by atoms with E-state index in [9.17, 15) is 0 Å². The maximum Gasteiger partial charge on any atom is 0.125 e. The number of hydrogen-bond acceptors (Lipinski definition) is 3. The summed E-state index contributed by atoms with van der Waals surface area (Å²) in [5.74, 6) is 1.30. The molecule has 1 N–H and O–H groups in total. The molecule has 2 unspecified atom stereocenters. The van der Waals surface area contributed by atoms with E-state index in [0.29, 0.717) is 10.9 Å². The number of ether oxygens (including phenoxy) is 2. The standard InChI is InChI=1S/C16H26ClNO2/c1-5-9-18-16(12(2)8-10-19-3)14-7-6-13(17)11-15(14)20-4/h6-7,11-12,16,18H,5,8-10H2,1-4H3. The summed E-state index contributed by atoms with van der Waals surface area (Å²) in [6.45, 7) is 6.15. The highest BCUT2D eigenvalue weighted by Gasteiger charge is 2.22. The van der Waals surface area contributed by atoms with Crippen LogP contribution in [0.3, 0.4) is 0 Å². The van der Waals surface area contributed by atoms with Crippen LogP contribution >= 0.6 is 11.6 Å². The van der Waals surface area contributed by atoms with Crippen molar-refractivity contribution in [3.05, 3.63) is 28.8 Å². The van der Waals surface area contributed by atoms with Gasteiger partial charge in [0.15, 0.2) is 0 Å². The first kappa shape index (κ1) is 17.3. The molecule has 0 saturated carbocycles.